The highest BCUT2D eigenvalue weighted by atomic mass is 15.2. The van der Waals surface area contributed by atoms with Crippen molar-refractivity contribution in [1.29, 1.82) is 0 Å². The Labute approximate surface area is 368 Å². The van der Waals surface area contributed by atoms with Crippen LogP contribution in [0.3, 0.4) is 0 Å². The molecule has 11 aromatic rings. The molecule has 0 saturated carbocycles. The lowest BCUT2D eigenvalue weighted by Crippen LogP contribution is -2.17. The molecule has 10 aromatic carbocycles. The highest BCUT2D eigenvalue weighted by Crippen LogP contribution is 2.56. The fourth-order valence-electron chi connectivity index (χ4n) is 10.7. The molecule has 2 nitrogen and oxygen atoms in total. The monoisotopic (exact) mass is 804 g/mol. The van der Waals surface area contributed by atoms with Crippen LogP contribution in [0.4, 0.5) is 17.1 Å². The summed E-state index contributed by atoms with van der Waals surface area (Å²) >= 11 is 0. The van der Waals surface area contributed by atoms with Crippen molar-refractivity contribution in [2.45, 2.75) is 19.3 Å². The van der Waals surface area contributed by atoms with Gasteiger partial charge in [0.15, 0.2) is 0 Å². The van der Waals surface area contributed by atoms with Gasteiger partial charge in [-0.25, -0.2) is 0 Å². The molecular formula is C61H44N2. The molecule has 2 heteroatoms. The third-order valence-corrected chi connectivity index (χ3v) is 13.3. The van der Waals surface area contributed by atoms with Gasteiger partial charge in [-0.15, -0.1) is 0 Å². The fraction of sp³-hybridized carbons (Fsp3) is 0.0492. The summed E-state index contributed by atoms with van der Waals surface area (Å²) in [5.41, 5.74) is 19.0. The molecule has 1 aliphatic carbocycles. The fourth-order valence-corrected chi connectivity index (χ4v) is 10.7. The highest BCUT2D eigenvalue weighted by molar-refractivity contribution is 6.10. The molecule has 0 bridgehead atoms. The number of nitrogens with zero attached hydrogens (tertiary/aromatic N) is 2. The van der Waals surface area contributed by atoms with Crippen LogP contribution >= 0.6 is 0 Å². The summed E-state index contributed by atoms with van der Waals surface area (Å²) in [6.45, 7) is 4.84. The van der Waals surface area contributed by atoms with Gasteiger partial charge in [0.05, 0.1) is 28.1 Å². The molecule has 1 heterocycles. The maximum Gasteiger partial charge on any atom is 0.0702 e. The molecule has 0 atom stereocenters. The minimum atomic E-state index is -0.251. The zero-order valence-electron chi connectivity index (χ0n) is 35.3. The van der Waals surface area contributed by atoms with Crippen LogP contribution in [-0.2, 0) is 5.41 Å². The average Bonchev–Trinajstić information content (AvgIpc) is 3.81. The number of hydrogen-bond acceptors (Lipinski definition) is 1. The number of benzene rings is 10. The van der Waals surface area contributed by atoms with Crippen molar-refractivity contribution in [3.63, 3.8) is 0 Å². The molecule has 0 aliphatic heterocycles. The highest BCUT2D eigenvalue weighted by Gasteiger charge is 2.39. The third kappa shape index (κ3) is 5.79. The Morgan fingerprint density at radius 3 is 1.63 bits per heavy atom. The van der Waals surface area contributed by atoms with E-state index in [4.69, 9.17) is 0 Å². The Morgan fingerprint density at radius 2 is 0.889 bits per heavy atom. The zero-order valence-corrected chi connectivity index (χ0v) is 35.3. The van der Waals surface area contributed by atoms with Gasteiger partial charge in [0.2, 0.25) is 0 Å². The maximum absolute atomic E-state index is 2.51. The first-order valence-electron chi connectivity index (χ1n) is 21.9. The van der Waals surface area contributed by atoms with E-state index in [9.17, 15) is 0 Å². The Kier molecular flexibility index (Phi) is 8.55. The minimum absolute atomic E-state index is 0.251. The van der Waals surface area contributed by atoms with Gasteiger partial charge in [-0.3, -0.25) is 0 Å². The Hall–Kier alpha value is -7.94. The largest absolute Gasteiger partial charge is 0.308 e. The van der Waals surface area contributed by atoms with Crippen molar-refractivity contribution in [3.05, 3.63) is 242 Å². The molecule has 1 aliphatic rings. The Bertz CT molecular complexity index is 3490. The SMILES string of the molecule is CC1(C)c2c(-c3cccc(N(c4cccc(-c5ccccc5)c4)c4ccccc4-n4c5ccccc5c5ccccc54)c3-c3ccccc3)cccc2-c2ccc3ccccc3c21. The number of aromatic nitrogens is 1. The normalized spacial score (nSPS) is 12.7. The molecule has 0 unspecified atom stereocenters. The van der Waals surface area contributed by atoms with E-state index in [1.807, 2.05) is 0 Å². The quantitative estimate of drug-likeness (QED) is 0.156. The summed E-state index contributed by atoms with van der Waals surface area (Å²) in [6, 6.07) is 84.7. The van der Waals surface area contributed by atoms with Crippen molar-refractivity contribution < 1.29 is 0 Å². The van der Waals surface area contributed by atoms with Crippen LogP contribution in [0, 0.1) is 0 Å². The van der Waals surface area contributed by atoms with Crippen molar-refractivity contribution in [2.75, 3.05) is 4.90 Å². The molecule has 0 fully saturated rings. The van der Waals surface area contributed by atoms with E-state index in [1.165, 1.54) is 77.1 Å². The standard InChI is InChI=1S/C61H44N2/c1-61(2)59-46-27-10-9-22-42(46)38-39-52(59)51-32-18-31-50(60(51)61)49-30-19-37-57(58(49)43-23-7-4-8-24-43)62(45-26-17-25-44(40-45)41-20-5-3-6-21-41)55-35-15-16-36-56(55)63-53-33-13-11-28-47(53)48-29-12-14-34-54(48)63/h3-40H,1-2H3. The van der Waals surface area contributed by atoms with E-state index >= 15 is 0 Å². The minimum Gasteiger partial charge on any atom is -0.308 e. The second-order valence-electron chi connectivity index (χ2n) is 17.2. The van der Waals surface area contributed by atoms with Crippen LogP contribution in [0.5, 0.6) is 0 Å². The van der Waals surface area contributed by atoms with Crippen LogP contribution in [0.1, 0.15) is 25.0 Å². The summed E-state index contributed by atoms with van der Waals surface area (Å²) in [4.78, 5) is 2.51. The third-order valence-electron chi connectivity index (χ3n) is 13.3. The van der Waals surface area contributed by atoms with Crippen molar-refractivity contribution in [3.8, 4) is 50.2 Å². The number of anilines is 3. The van der Waals surface area contributed by atoms with Crippen molar-refractivity contribution >= 4 is 49.6 Å². The molecular weight excluding hydrogens is 761 g/mol. The molecule has 298 valence electrons. The smallest absolute Gasteiger partial charge is 0.0702 e. The van der Waals surface area contributed by atoms with Crippen LogP contribution in [-0.4, -0.2) is 4.57 Å². The maximum atomic E-state index is 2.51. The summed E-state index contributed by atoms with van der Waals surface area (Å²) in [7, 11) is 0. The van der Waals surface area contributed by atoms with Crippen LogP contribution in [0.2, 0.25) is 0 Å². The first-order valence-corrected chi connectivity index (χ1v) is 21.9. The molecule has 12 rings (SSSR count). The first kappa shape index (κ1) is 36.9. The zero-order chi connectivity index (χ0) is 42.1. The second-order valence-corrected chi connectivity index (χ2v) is 17.2. The van der Waals surface area contributed by atoms with Gasteiger partial charge in [0.25, 0.3) is 0 Å². The Morgan fingerprint density at radius 1 is 0.365 bits per heavy atom. The predicted molar refractivity (Wildman–Crippen MR) is 267 cm³/mol. The number of rotatable bonds is 7. The number of hydrogen-bond donors (Lipinski definition) is 0. The molecule has 1 aromatic heterocycles. The summed E-state index contributed by atoms with van der Waals surface area (Å²) < 4.78 is 2.45. The van der Waals surface area contributed by atoms with E-state index in [1.54, 1.807) is 0 Å². The molecule has 0 amide bonds. The lowest BCUT2D eigenvalue weighted by Gasteiger charge is -2.32. The summed E-state index contributed by atoms with van der Waals surface area (Å²) in [6.07, 6.45) is 0. The second kappa shape index (κ2) is 14.6. The van der Waals surface area contributed by atoms with E-state index in [2.05, 4.69) is 254 Å². The van der Waals surface area contributed by atoms with Crippen molar-refractivity contribution in [2.24, 2.45) is 0 Å². The molecule has 0 N–H and O–H groups in total. The van der Waals surface area contributed by atoms with Gasteiger partial charge < -0.3 is 9.47 Å². The van der Waals surface area contributed by atoms with Gasteiger partial charge in [0, 0.05) is 27.4 Å². The molecule has 0 spiro atoms. The van der Waals surface area contributed by atoms with Gasteiger partial charge >= 0.3 is 0 Å². The molecule has 0 radical (unpaired) electrons. The average molecular weight is 805 g/mol. The van der Waals surface area contributed by atoms with E-state index < -0.39 is 0 Å². The molecule has 0 saturated heterocycles. The summed E-state index contributed by atoms with van der Waals surface area (Å²) in [5.74, 6) is 0. The van der Waals surface area contributed by atoms with Crippen LogP contribution in [0.25, 0.3) is 82.8 Å². The van der Waals surface area contributed by atoms with Gasteiger partial charge in [0.1, 0.15) is 0 Å². The Balaban J connectivity index is 1.16. The number of para-hydroxylation sites is 4. The van der Waals surface area contributed by atoms with Gasteiger partial charge in [-0.2, -0.15) is 0 Å². The van der Waals surface area contributed by atoms with E-state index in [0.29, 0.717) is 0 Å². The van der Waals surface area contributed by atoms with Crippen LogP contribution in [0.15, 0.2) is 231 Å². The predicted octanol–water partition coefficient (Wildman–Crippen LogP) is 16.7. The van der Waals surface area contributed by atoms with E-state index in [0.717, 1.165) is 33.9 Å². The number of fused-ring (bicyclic) bond motifs is 8. The summed E-state index contributed by atoms with van der Waals surface area (Å²) in [5, 5.41) is 5.08. The van der Waals surface area contributed by atoms with Gasteiger partial charge in [-0.05, 0) is 103 Å². The van der Waals surface area contributed by atoms with Crippen molar-refractivity contribution in [1.82, 2.24) is 4.57 Å². The molecule has 63 heavy (non-hydrogen) atoms. The van der Waals surface area contributed by atoms with E-state index in [-0.39, 0.29) is 5.41 Å². The lowest BCUT2D eigenvalue weighted by atomic mass is 9.76. The lowest BCUT2D eigenvalue weighted by molar-refractivity contribution is 0.668. The first-order chi connectivity index (χ1) is 31.1. The van der Waals surface area contributed by atoms with Crippen LogP contribution < -0.4 is 4.90 Å². The topological polar surface area (TPSA) is 8.17 Å². The van der Waals surface area contributed by atoms with Gasteiger partial charge in [-0.1, -0.05) is 202 Å².